The number of aryl methyl sites for hydroxylation is 1. The molecule has 0 aliphatic carbocycles. The summed E-state index contributed by atoms with van der Waals surface area (Å²) in [4.78, 5) is 4.17. The van der Waals surface area contributed by atoms with Gasteiger partial charge in [0.2, 0.25) is 0 Å². The number of fused-ring (bicyclic) bond motifs is 1. The second-order valence-corrected chi connectivity index (χ2v) is 5.48. The number of hydrazine groups is 1. The second-order valence-electron chi connectivity index (χ2n) is 5.04. The molecule has 0 aliphatic rings. The third-order valence-corrected chi connectivity index (χ3v) is 3.97. The molecule has 0 radical (unpaired) electrons. The molecule has 0 fully saturated rings. The van der Waals surface area contributed by atoms with E-state index in [1.807, 2.05) is 49.5 Å². The average Bonchev–Trinajstić information content (AvgIpc) is 2.50. The lowest BCUT2D eigenvalue weighted by molar-refractivity contribution is 0.638. The van der Waals surface area contributed by atoms with Gasteiger partial charge in [0, 0.05) is 22.8 Å². The first kappa shape index (κ1) is 14.0. The number of rotatable bonds is 3. The smallest absolute Gasteiger partial charge is 0.0718 e. The van der Waals surface area contributed by atoms with Crippen molar-refractivity contribution in [3.05, 3.63) is 76.6 Å². The van der Waals surface area contributed by atoms with Crippen molar-refractivity contribution in [1.82, 2.24) is 10.4 Å². The van der Waals surface area contributed by atoms with Crippen LogP contribution in [0.25, 0.3) is 10.8 Å². The maximum absolute atomic E-state index is 6.05. The van der Waals surface area contributed by atoms with Crippen LogP contribution in [0.2, 0.25) is 5.02 Å². The molecule has 1 atom stereocenters. The fourth-order valence-electron chi connectivity index (χ4n) is 2.71. The van der Waals surface area contributed by atoms with Crippen molar-refractivity contribution < 1.29 is 0 Å². The van der Waals surface area contributed by atoms with Gasteiger partial charge in [0.1, 0.15) is 0 Å². The monoisotopic (exact) mass is 297 g/mol. The van der Waals surface area contributed by atoms with Crippen LogP contribution in [-0.2, 0) is 0 Å². The molecule has 0 bridgehead atoms. The van der Waals surface area contributed by atoms with Crippen molar-refractivity contribution in [1.29, 1.82) is 0 Å². The quantitative estimate of drug-likeness (QED) is 0.572. The first-order valence-electron chi connectivity index (χ1n) is 6.75. The minimum absolute atomic E-state index is 0.0895. The summed E-state index contributed by atoms with van der Waals surface area (Å²) in [6.45, 7) is 2.04. The van der Waals surface area contributed by atoms with Crippen molar-refractivity contribution in [2.45, 2.75) is 13.0 Å². The summed E-state index contributed by atoms with van der Waals surface area (Å²) in [5.74, 6) is 5.84. The topological polar surface area (TPSA) is 50.9 Å². The van der Waals surface area contributed by atoms with E-state index in [0.717, 1.165) is 32.5 Å². The lowest BCUT2D eigenvalue weighted by Gasteiger charge is -2.21. The number of aromatic nitrogens is 1. The van der Waals surface area contributed by atoms with Crippen molar-refractivity contribution in [2.75, 3.05) is 0 Å². The Morgan fingerprint density at radius 1 is 1.14 bits per heavy atom. The molecule has 1 aromatic heterocycles. The zero-order valence-corrected chi connectivity index (χ0v) is 12.4. The minimum Gasteiger partial charge on any atom is -0.271 e. The van der Waals surface area contributed by atoms with E-state index >= 15 is 0 Å². The van der Waals surface area contributed by atoms with Gasteiger partial charge in [-0.2, -0.15) is 0 Å². The first-order chi connectivity index (χ1) is 10.2. The van der Waals surface area contributed by atoms with E-state index in [0.29, 0.717) is 0 Å². The number of pyridine rings is 1. The summed E-state index contributed by atoms with van der Waals surface area (Å²) in [6, 6.07) is 13.9. The average molecular weight is 298 g/mol. The molecule has 21 heavy (non-hydrogen) atoms. The van der Waals surface area contributed by atoms with Gasteiger partial charge < -0.3 is 0 Å². The van der Waals surface area contributed by atoms with Crippen LogP contribution in [0.1, 0.15) is 22.7 Å². The number of nitrogens with zero attached hydrogens (tertiary/aromatic N) is 1. The zero-order chi connectivity index (χ0) is 14.8. The van der Waals surface area contributed by atoms with Gasteiger partial charge in [-0.25, -0.2) is 5.43 Å². The molecular weight excluding hydrogens is 282 g/mol. The summed E-state index contributed by atoms with van der Waals surface area (Å²) in [6.07, 6.45) is 3.66. The number of benzene rings is 2. The van der Waals surface area contributed by atoms with E-state index in [-0.39, 0.29) is 6.04 Å². The Bertz CT molecular complexity index is 781. The van der Waals surface area contributed by atoms with Crippen molar-refractivity contribution in [3.63, 3.8) is 0 Å². The van der Waals surface area contributed by atoms with E-state index < -0.39 is 0 Å². The standard InChI is InChI=1S/C17H16ClN3/c1-11-9-13(18)5-6-14(11)17(21-19)16-4-2-3-12-10-20-8-7-15(12)16/h2-10,17,21H,19H2,1H3. The molecule has 3 nitrogen and oxygen atoms in total. The molecule has 106 valence electrons. The van der Waals surface area contributed by atoms with Crippen LogP contribution in [0.15, 0.2) is 54.9 Å². The van der Waals surface area contributed by atoms with Gasteiger partial charge in [0.15, 0.2) is 0 Å². The fourth-order valence-corrected chi connectivity index (χ4v) is 2.94. The Balaban J connectivity index is 2.18. The van der Waals surface area contributed by atoms with Crippen LogP contribution in [0.3, 0.4) is 0 Å². The second kappa shape index (κ2) is 5.82. The molecule has 3 rings (SSSR count). The maximum Gasteiger partial charge on any atom is 0.0718 e. The van der Waals surface area contributed by atoms with Crippen LogP contribution in [0.4, 0.5) is 0 Å². The van der Waals surface area contributed by atoms with Crippen LogP contribution < -0.4 is 11.3 Å². The van der Waals surface area contributed by atoms with E-state index in [1.165, 1.54) is 0 Å². The van der Waals surface area contributed by atoms with Crippen molar-refractivity contribution >= 4 is 22.4 Å². The number of hydrogen-bond acceptors (Lipinski definition) is 3. The molecule has 0 saturated carbocycles. The maximum atomic E-state index is 6.05. The van der Waals surface area contributed by atoms with E-state index in [9.17, 15) is 0 Å². The van der Waals surface area contributed by atoms with Crippen molar-refractivity contribution in [3.8, 4) is 0 Å². The van der Waals surface area contributed by atoms with E-state index in [4.69, 9.17) is 17.4 Å². The molecule has 0 saturated heterocycles. The highest BCUT2D eigenvalue weighted by molar-refractivity contribution is 6.30. The highest BCUT2D eigenvalue weighted by atomic mass is 35.5. The number of hydrogen-bond donors (Lipinski definition) is 2. The largest absolute Gasteiger partial charge is 0.271 e. The van der Waals surface area contributed by atoms with Gasteiger partial charge in [-0.3, -0.25) is 10.8 Å². The third kappa shape index (κ3) is 2.63. The van der Waals surface area contributed by atoms with Gasteiger partial charge in [-0.1, -0.05) is 35.9 Å². The molecule has 0 aliphatic heterocycles. The number of halogens is 1. The van der Waals surface area contributed by atoms with E-state index in [2.05, 4.69) is 16.5 Å². The summed E-state index contributed by atoms with van der Waals surface area (Å²) < 4.78 is 0. The first-order valence-corrected chi connectivity index (χ1v) is 7.13. The number of nitrogens with two attached hydrogens (primary N) is 1. The molecule has 3 aromatic rings. The Morgan fingerprint density at radius 3 is 2.76 bits per heavy atom. The molecule has 0 spiro atoms. The highest BCUT2D eigenvalue weighted by Crippen LogP contribution is 2.30. The lowest BCUT2D eigenvalue weighted by atomic mass is 9.92. The highest BCUT2D eigenvalue weighted by Gasteiger charge is 2.17. The van der Waals surface area contributed by atoms with Crippen LogP contribution in [0.5, 0.6) is 0 Å². The van der Waals surface area contributed by atoms with Crippen LogP contribution >= 0.6 is 11.6 Å². The zero-order valence-electron chi connectivity index (χ0n) is 11.7. The molecule has 3 N–H and O–H groups in total. The molecule has 4 heteroatoms. The third-order valence-electron chi connectivity index (χ3n) is 3.73. The van der Waals surface area contributed by atoms with Crippen LogP contribution in [0, 0.1) is 6.92 Å². The number of nitrogens with one attached hydrogen (secondary N) is 1. The van der Waals surface area contributed by atoms with Crippen molar-refractivity contribution in [2.24, 2.45) is 5.84 Å². The SMILES string of the molecule is Cc1cc(Cl)ccc1C(NN)c1cccc2cnccc12. The van der Waals surface area contributed by atoms with Gasteiger partial charge in [-0.15, -0.1) is 0 Å². The van der Waals surface area contributed by atoms with Gasteiger partial charge >= 0.3 is 0 Å². The lowest BCUT2D eigenvalue weighted by Crippen LogP contribution is -2.29. The summed E-state index contributed by atoms with van der Waals surface area (Å²) in [7, 11) is 0. The normalized spacial score (nSPS) is 12.5. The van der Waals surface area contributed by atoms with E-state index in [1.54, 1.807) is 6.20 Å². The molecular formula is C17H16ClN3. The summed E-state index contributed by atoms with van der Waals surface area (Å²) in [5, 5.41) is 2.97. The Morgan fingerprint density at radius 2 is 2.00 bits per heavy atom. The molecule has 1 heterocycles. The fraction of sp³-hybridized carbons (Fsp3) is 0.118. The molecule has 2 aromatic carbocycles. The van der Waals surface area contributed by atoms with Crippen LogP contribution in [-0.4, -0.2) is 4.98 Å². The van der Waals surface area contributed by atoms with Gasteiger partial charge in [0.05, 0.1) is 6.04 Å². The Hall–Kier alpha value is -1.94. The molecule has 1 unspecified atom stereocenters. The predicted octanol–water partition coefficient (Wildman–Crippen LogP) is 3.75. The Labute approximate surface area is 128 Å². The van der Waals surface area contributed by atoms with Gasteiger partial charge in [-0.05, 0) is 47.2 Å². The Kier molecular flexibility index (Phi) is 3.88. The predicted molar refractivity (Wildman–Crippen MR) is 87.1 cm³/mol. The minimum atomic E-state index is -0.0895. The van der Waals surface area contributed by atoms with Gasteiger partial charge in [0.25, 0.3) is 0 Å². The summed E-state index contributed by atoms with van der Waals surface area (Å²) in [5.41, 5.74) is 6.28. The summed E-state index contributed by atoms with van der Waals surface area (Å²) >= 11 is 6.05. The molecule has 0 amide bonds.